The Morgan fingerprint density at radius 3 is 3.05 bits per heavy atom. The Balaban J connectivity index is 0.00000133. The fourth-order valence-electron chi connectivity index (χ4n) is 2.54. The summed E-state index contributed by atoms with van der Waals surface area (Å²) >= 11 is 0. The van der Waals surface area contributed by atoms with E-state index in [0.717, 1.165) is 31.6 Å². The zero-order valence-electron chi connectivity index (χ0n) is 10.8. The van der Waals surface area contributed by atoms with Crippen LogP contribution in [0.15, 0.2) is 18.2 Å². The van der Waals surface area contributed by atoms with E-state index in [2.05, 4.69) is 22.8 Å². The molecule has 0 bridgehead atoms. The quantitative estimate of drug-likeness (QED) is 0.869. The van der Waals surface area contributed by atoms with Crippen LogP contribution in [-0.2, 0) is 22.5 Å². The molecule has 2 heterocycles. The van der Waals surface area contributed by atoms with Crippen molar-refractivity contribution >= 4 is 24.0 Å². The molecule has 0 aliphatic carbocycles. The molecule has 2 aliphatic rings. The summed E-state index contributed by atoms with van der Waals surface area (Å²) in [5.74, 6) is 0.0929. The SMILES string of the molecule is Cl.O=C(Nc1ccc2c(c1)CNCC2)C1CCOC1. The molecule has 1 aromatic rings. The highest BCUT2D eigenvalue weighted by Gasteiger charge is 2.23. The summed E-state index contributed by atoms with van der Waals surface area (Å²) in [4.78, 5) is 12.0. The molecule has 19 heavy (non-hydrogen) atoms. The maximum atomic E-state index is 12.0. The first-order valence-electron chi connectivity index (χ1n) is 6.54. The second kappa shape index (κ2) is 6.37. The van der Waals surface area contributed by atoms with E-state index >= 15 is 0 Å². The van der Waals surface area contributed by atoms with Gasteiger partial charge in [0.1, 0.15) is 0 Å². The molecule has 1 unspecified atom stereocenters. The first-order valence-corrected chi connectivity index (χ1v) is 6.54. The number of fused-ring (bicyclic) bond motifs is 1. The van der Waals surface area contributed by atoms with E-state index in [1.165, 1.54) is 11.1 Å². The van der Waals surface area contributed by atoms with Gasteiger partial charge in [-0.25, -0.2) is 0 Å². The maximum Gasteiger partial charge on any atom is 0.229 e. The van der Waals surface area contributed by atoms with E-state index in [1.54, 1.807) is 0 Å². The summed E-state index contributed by atoms with van der Waals surface area (Å²) in [6, 6.07) is 6.20. The number of anilines is 1. The zero-order chi connectivity index (χ0) is 12.4. The van der Waals surface area contributed by atoms with Crippen LogP contribution < -0.4 is 10.6 Å². The number of rotatable bonds is 2. The third-order valence-electron chi connectivity index (χ3n) is 3.66. The lowest BCUT2D eigenvalue weighted by atomic mass is 10.0. The van der Waals surface area contributed by atoms with Crippen LogP contribution >= 0.6 is 12.4 Å². The summed E-state index contributed by atoms with van der Waals surface area (Å²) < 4.78 is 5.24. The van der Waals surface area contributed by atoms with Crippen molar-refractivity contribution < 1.29 is 9.53 Å². The Morgan fingerprint density at radius 1 is 1.37 bits per heavy atom. The van der Waals surface area contributed by atoms with Gasteiger partial charge in [0.15, 0.2) is 0 Å². The second-order valence-electron chi connectivity index (χ2n) is 4.96. The second-order valence-corrected chi connectivity index (χ2v) is 4.96. The smallest absolute Gasteiger partial charge is 0.229 e. The van der Waals surface area contributed by atoms with Gasteiger partial charge in [-0.3, -0.25) is 4.79 Å². The van der Waals surface area contributed by atoms with Gasteiger partial charge < -0.3 is 15.4 Å². The van der Waals surface area contributed by atoms with Gasteiger partial charge >= 0.3 is 0 Å². The molecular weight excluding hydrogens is 264 g/mol. The average molecular weight is 283 g/mol. The number of amides is 1. The molecule has 104 valence electrons. The van der Waals surface area contributed by atoms with Crippen LogP contribution in [0.5, 0.6) is 0 Å². The number of hydrogen-bond acceptors (Lipinski definition) is 3. The monoisotopic (exact) mass is 282 g/mol. The topological polar surface area (TPSA) is 50.4 Å². The summed E-state index contributed by atoms with van der Waals surface area (Å²) in [5, 5.41) is 6.33. The van der Waals surface area contributed by atoms with Crippen molar-refractivity contribution in [2.75, 3.05) is 25.1 Å². The van der Waals surface area contributed by atoms with Crippen LogP contribution in [0.1, 0.15) is 17.5 Å². The zero-order valence-corrected chi connectivity index (χ0v) is 11.6. The van der Waals surface area contributed by atoms with Gasteiger partial charge in [-0.1, -0.05) is 6.07 Å². The van der Waals surface area contributed by atoms with Crippen molar-refractivity contribution in [1.82, 2.24) is 5.32 Å². The van der Waals surface area contributed by atoms with Gasteiger partial charge in [0.25, 0.3) is 0 Å². The van der Waals surface area contributed by atoms with Crippen molar-refractivity contribution in [2.45, 2.75) is 19.4 Å². The predicted octanol–water partition coefficient (Wildman–Crippen LogP) is 1.73. The number of nitrogens with one attached hydrogen (secondary N) is 2. The molecule has 0 radical (unpaired) electrons. The van der Waals surface area contributed by atoms with Crippen molar-refractivity contribution in [3.8, 4) is 0 Å². The number of halogens is 1. The number of benzene rings is 1. The molecule has 1 amide bonds. The summed E-state index contributed by atoms with van der Waals surface area (Å²) in [6.07, 6.45) is 1.90. The Kier molecular flexibility index (Phi) is 4.80. The number of ether oxygens (including phenoxy) is 1. The van der Waals surface area contributed by atoms with Gasteiger partial charge in [0, 0.05) is 18.8 Å². The first-order chi connectivity index (χ1) is 8.83. The average Bonchev–Trinajstić information content (AvgIpc) is 2.92. The van der Waals surface area contributed by atoms with Crippen LogP contribution in [0, 0.1) is 5.92 Å². The number of hydrogen-bond donors (Lipinski definition) is 2. The highest BCUT2D eigenvalue weighted by Crippen LogP contribution is 2.21. The minimum absolute atomic E-state index is 0. The lowest BCUT2D eigenvalue weighted by molar-refractivity contribution is -0.119. The molecule has 1 saturated heterocycles. The van der Waals surface area contributed by atoms with Crippen molar-refractivity contribution in [3.63, 3.8) is 0 Å². The van der Waals surface area contributed by atoms with E-state index in [9.17, 15) is 4.79 Å². The molecule has 0 spiro atoms. The third-order valence-corrected chi connectivity index (χ3v) is 3.66. The number of carbonyl (C=O) groups is 1. The lowest BCUT2D eigenvalue weighted by Crippen LogP contribution is -2.25. The van der Waals surface area contributed by atoms with E-state index < -0.39 is 0 Å². The molecule has 1 fully saturated rings. The molecule has 2 N–H and O–H groups in total. The molecule has 1 atom stereocenters. The Hall–Kier alpha value is -1.10. The van der Waals surface area contributed by atoms with E-state index in [0.29, 0.717) is 13.2 Å². The normalized spacial score (nSPS) is 21.4. The highest BCUT2D eigenvalue weighted by atomic mass is 35.5. The van der Waals surface area contributed by atoms with Crippen LogP contribution in [0.2, 0.25) is 0 Å². The van der Waals surface area contributed by atoms with Crippen molar-refractivity contribution in [1.29, 1.82) is 0 Å². The highest BCUT2D eigenvalue weighted by molar-refractivity contribution is 5.92. The van der Waals surface area contributed by atoms with Crippen molar-refractivity contribution in [3.05, 3.63) is 29.3 Å². The fraction of sp³-hybridized carbons (Fsp3) is 0.500. The molecular formula is C14H19ClN2O2. The summed E-state index contributed by atoms with van der Waals surface area (Å²) in [5.41, 5.74) is 3.58. The lowest BCUT2D eigenvalue weighted by Gasteiger charge is -2.18. The van der Waals surface area contributed by atoms with Gasteiger partial charge in [-0.05, 0) is 42.6 Å². The van der Waals surface area contributed by atoms with Gasteiger partial charge in [0.2, 0.25) is 5.91 Å². The standard InChI is InChI=1S/C14H18N2O2.ClH/c17-14(11-4-6-18-9-11)16-13-2-1-10-3-5-15-8-12(10)7-13;/h1-2,7,11,15H,3-6,8-9H2,(H,16,17);1H. The molecule has 5 heteroatoms. The van der Waals surface area contributed by atoms with Crippen LogP contribution in [0.3, 0.4) is 0 Å². The Morgan fingerprint density at radius 2 is 2.26 bits per heavy atom. The molecule has 0 aromatic heterocycles. The van der Waals surface area contributed by atoms with Gasteiger partial charge in [0.05, 0.1) is 12.5 Å². The first kappa shape index (κ1) is 14.3. The molecule has 1 aromatic carbocycles. The molecule has 3 rings (SSSR count). The van der Waals surface area contributed by atoms with Gasteiger partial charge in [-0.2, -0.15) is 0 Å². The van der Waals surface area contributed by atoms with E-state index in [1.807, 2.05) is 6.07 Å². The minimum Gasteiger partial charge on any atom is -0.381 e. The van der Waals surface area contributed by atoms with Crippen LogP contribution in [0.4, 0.5) is 5.69 Å². The minimum atomic E-state index is 0. The van der Waals surface area contributed by atoms with Crippen molar-refractivity contribution in [2.24, 2.45) is 5.92 Å². The molecule has 0 saturated carbocycles. The maximum absolute atomic E-state index is 12.0. The Labute approximate surface area is 119 Å². The molecule has 4 nitrogen and oxygen atoms in total. The number of carbonyl (C=O) groups excluding carboxylic acids is 1. The van der Waals surface area contributed by atoms with E-state index in [-0.39, 0.29) is 24.2 Å². The summed E-state index contributed by atoms with van der Waals surface area (Å²) in [6.45, 7) is 3.19. The Bertz CT molecular complexity index is 459. The molecule has 2 aliphatic heterocycles. The fourth-order valence-corrected chi connectivity index (χ4v) is 2.54. The van der Waals surface area contributed by atoms with Gasteiger partial charge in [-0.15, -0.1) is 12.4 Å². The van der Waals surface area contributed by atoms with Crippen LogP contribution in [0.25, 0.3) is 0 Å². The predicted molar refractivity (Wildman–Crippen MR) is 76.7 cm³/mol. The van der Waals surface area contributed by atoms with E-state index in [4.69, 9.17) is 4.74 Å². The summed E-state index contributed by atoms with van der Waals surface area (Å²) in [7, 11) is 0. The largest absolute Gasteiger partial charge is 0.381 e. The third kappa shape index (κ3) is 3.26. The van der Waals surface area contributed by atoms with Crippen LogP contribution in [-0.4, -0.2) is 25.7 Å².